The van der Waals surface area contributed by atoms with E-state index in [9.17, 15) is 18.0 Å². The molecule has 9 nitrogen and oxygen atoms in total. The summed E-state index contributed by atoms with van der Waals surface area (Å²) in [5.41, 5.74) is 0.844. The van der Waals surface area contributed by atoms with Gasteiger partial charge in [0.25, 0.3) is 0 Å². The highest BCUT2D eigenvalue weighted by atomic mass is 32.2. The molecule has 0 bridgehead atoms. The third-order valence-electron chi connectivity index (χ3n) is 5.13. The second-order valence-electron chi connectivity index (χ2n) is 7.89. The molecule has 13 heteroatoms. The van der Waals surface area contributed by atoms with Crippen LogP contribution in [0.15, 0.2) is 83.0 Å². The van der Waals surface area contributed by atoms with E-state index in [2.05, 4.69) is 36.2 Å². The molecule has 0 atom stereocenters. The Morgan fingerprint density at radius 2 is 1.81 bits per heavy atom. The fraction of sp³-hybridized carbons (Fsp3) is 0.0833. The highest BCUT2D eigenvalue weighted by molar-refractivity contribution is 7.99. The quantitative estimate of drug-likeness (QED) is 0.207. The third-order valence-corrected chi connectivity index (χ3v) is 5.99. The molecule has 3 aromatic heterocycles. The Hall–Kier alpha value is -4.52. The van der Waals surface area contributed by atoms with Gasteiger partial charge >= 0.3 is 12.2 Å². The molecular formula is C24H19F3N8OS. The van der Waals surface area contributed by atoms with Gasteiger partial charge in [0.15, 0.2) is 11.6 Å². The number of nitrogens with zero attached hydrogens (tertiary/aromatic N) is 4. The predicted molar refractivity (Wildman–Crippen MR) is 134 cm³/mol. The summed E-state index contributed by atoms with van der Waals surface area (Å²) in [4.78, 5) is 17.7. The van der Waals surface area contributed by atoms with Gasteiger partial charge in [0.1, 0.15) is 5.52 Å². The number of fused-ring (bicyclic) bond motifs is 1. The molecule has 0 aliphatic rings. The maximum absolute atomic E-state index is 13.2. The Morgan fingerprint density at radius 1 is 1.03 bits per heavy atom. The second-order valence-corrected chi connectivity index (χ2v) is 8.93. The molecule has 4 N–H and O–H groups in total. The van der Waals surface area contributed by atoms with Crippen molar-refractivity contribution in [1.82, 2.24) is 24.8 Å². The molecule has 2 aromatic carbocycles. The number of halogens is 3. The fourth-order valence-corrected chi connectivity index (χ4v) is 4.24. The number of anilines is 4. The van der Waals surface area contributed by atoms with Crippen LogP contribution in [0.5, 0.6) is 0 Å². The number of urea groups is 1. The molecule has 3 heterocycles. The van der Waals surface area contributed by atoms with E-state index in [4.69, 9.17) is 0 Å². The predicted octanol–water partition coefficient (Wildman–Crippen LogP) is 6.32. The van der Waals surface area contributed by atoms with Crippen molar-refractivity contribution >= 4 is 46.3 Å². The van der Waals surface area contributed by atoms with Crippen LogP contribution in [0.1, 0.15) is 11.3 Å². The maximum atomic E-state index is 13.2. The van der Waals surface area contributed by atoms with E-state index >= 15 is 0 Å². The Morgan fingerprint density at radius 3 is 2.54 bits per heavy atom. The molecule has 0 unspecified atom stereocenters. The number of aromatic amines is 1. The third kappa shape index (κ3) is 5.67. The van der Waals surface area contributed by atoms with Gasteiger partial charge in [-0.3, -0.25) is 5.10 Å². The van der Waals surface area contributed by atoms with Crippen LogP contribution in [0.25, 0.3) is 5.52 Å². The molecule has 0 radical (unpaired) electrons. The van der Waals surface area contributed by atoms with Crippen LogP contribution >= 0.6 is 11.8 Å². The van der Waals surface area contributed by atoms with Crippen molar-refractivity contribution in [3.05, 3.63) is 84.2 Å². The smallest absolute Gasteiger partial charge is 0.322 e. The van der Waals surface area contributed by atoms with Crippen LogP contribution in [0.2, 0.25) is 0 Å². The molecule has 0 saturated carbocycles. The van der Waals surface area contributed by atoms with Gasteiger partial charge < -0.3 is 16.0 Å². The molecule has 188 valence electrons. The number of amides is 2. The molecule has 5 rings (SSSR count). The van der Waals surface area contributed by atoms with Crippen molar-refractivity contribution in [2.24, 2.45) is 0 Å². The number of hydrogen-bond donors (Lipinski definition) is 4. The number of alkyl halides is 3. The van der Waals surface area contributed by atoms with E-state index in [-0.39, 0.29) is 5.69 Å². The number of rotatable bonds is 6. The Labute approximate surface area is 212 Å². The minimum Gasteiger partial charge on any atom is -0.322 e. The SMILES string of the molecule is Cc1cc(Nc2nc(Sc3ccc(NC(=O)Nc4ccccc4C(F)(F)F)cc3)nn3cccc23)n[nH]1. The van der Waals surface area contributed by atoms with Gasteiger partial charge in [0, 0.05) is 28.5 Å². The van der Waals surface area contributed by atoms with Gasteiger partial charge in [-0.2, -0.15) is 18.3 Å². The standard InChI is InChI=1S/C24H19F3N8OS/c1-14-13-20(33-32-14)30-21-19-7-4-12-35(19)34-23(31-21)37-16-10-8-15(9-11-16)28-22(36)29-18-6-3-2-5-17(18)24(25,26)27/h2-13H,1H3,(H2,28,29,36)(H2,30,31,32,33,34). The topological polar surface area (TPSA) is 112 Å². The Balaban J connectivity index is 1.27. The van der Waals surface area contributed by atoms with Gasteiger partial charge in [-0.15, -0.1) is 5.10 Å². The average Bonchev–Trinajstić information content (AvgIpc) is 3.49. The molecule has 37 heavy (non-hydrogen) atoms. The maximum Gasteiger partial charge on any atom is 0.418 e. The summed E-state index contributed by atoms with van der Waals surface area (Å²) in [5, 5.41) is 20.0. The van der Waals surface area contributed by atoms with E-state index in [0.717, 1.165) is 22.2 Å². The summed E-state index contributed by atoms with van der Waals surface area (Å²) in [6, 6.07) is 16.4. The monoisotopic (exact) mass is 524 g/mol. The fourth-order valence-electron chi connectivity index (χ4n) is 3.49. The van der Waals surface area contributed by atoms with Gasteiger partial charge in [-0.1, -0.05) is 12.1 Å². The van der Waals surface area contributed by atoms with Gasteiger partial charge in [0.2, 0.25) is 5.16 Å². The molecule has 0 saturated heterocycles. The molecule has 0 aliphatic heterocycles. The molecule has 2 amide bonds. The van der Waals surface area contributed by atoms with Crippen LogP contribution in [0, 0.1) is 6.92 Å². The van der Waals surface area contributed by atoms with Crippen LogP contribution in [-0.2, 0) is 6.18 Å². The lowest BCUT2D eigenvalue weighted by molar-refractivity contribution is -0.136. The Bertz CT molecular complexity index is 1560. The number of benzene rings is 2. The first-order valence-electron chi connectivity index (χ1n) is 10.9. The minimum atomic E-state index is -4.58. The first-order valence-corrected chi connectivity index (χ1v) is 11.7. The zero-order chi connectivity index (χ0) is 26.0. The lowest BCUT2D eigenvalue weighted by Gasteiger charge is -2.14. The van der Waals surface area contributed by atoms with Gasteiger partial charge in [-0.25, -0.2) is 14.3 Å². The van der Waals surface area contributed by atoms with Gasteiger partial charge in [0.05, 0.1) is 11.3 Å². The van der Waals surface area contributed by atoms with Crippen molar-refractivity contribution in [3.63, 3.8) is 0 Å². The summed E-state index contributed by atoms with van der Waals surface area (Å²) < 4.78 is 41.2. The van der Waals surface area contributed by atoms with E-state index in [1.807, 2.05) is 31.3 Å². The number of H-pyrrole nitrogens is 1. The summed E-state index contributed by atoms with van der Waals surface area (Å²) >= 11 is 1.31. The largest absolute Gasteiger partial charge is 0.418 e. The van der Waals surface area contributed by atoms with E-state index < -0.39 is 17.8 Å². The van der Waals surface area contributed by atoms with Crippen LogP contribution < -0.4 is 16.0 Å². The zero-order valence-corrected chi connectivity index (χ0v) is 20.0. The summed E-state index contributed by atoms with van der Waals surface area (Å²) in [6.45, 7) is 1.90. The first-order chi connectivity index (χ1) is 17.7. The number of carbonyl (C=O) groups excluding carboxylic acids is 1. The van der Waals surface area contributed by atoms with E-state index in [1.165, 1.54) is 30.0 Å². The molecule has 0 fully saturated rings. The van der Waals surface area contributed by atoms with Crippen molar-refractivity contribution in [2.75, 3.05) is 16.0 Å². The Kier molecular flexibility index (Phi) is 6.44. The van der Waals surface area contributed by atoms with Crippen LogP contribution in [0.4, 0.5) is 41.0 Å². The number of carbonyl (C=O) groups is 1. The number of hydrogen-bond acceptors (Lipinski definition) is 6. The van der Waals surface area contributed by atoms with Gasteiger partial charge in [-0.05, 0) is 67.2 Å². The van der Waals surface area contributed by atoms with Crippen molar-refractivity contribution < 1.29 is 18.0 Å². The highest BCUT2D eigenvalue weighted by Gasteiger charge is 2.33. The molecular weight excluding hydrogens is 505 g/mol. The normalized spacial score (nSPS) is 11.5. The zero-order valence-electron chi connectivity index (χ0n) is 19.2. The number of nitrogens with one attached hydrogen (secondary N) is 4. The number of aromatic nitrogens is 5. The average molecular weight is 525 g/mol. The molecule has 0 spiro atoms. The van der Waals surface area contributed by atoms with Crippen molar-refractivity contribution in [3.8, 4) is 0 Å². The summed E-state index contributed by atoms with van der Waals surface area (Å²) in [7, 11) is 0. The highest BCUT2D eigenvalue weighted by Crippen LogP contribution is 2.34. The van der Waals surface area contributed by atoms with E-state index in [0.29, 0.717) is 22.5 Å². The second kappa shape index (κ2) is 9.85. The van der Waals surface area contributed by atoms with Crippen LogP contribution in [-0.4, -0.2) is 30.8 Å². The lowest BCUT2D eigenvalue weighted by atomic mass is 10.1. The molecule has 5 aromatic rings. The first kappa shape index (κ1) is 24.2. The summed E-state index contributed by atoms with van der Waals surface area (Å²) in [6.07, 6.45) is -2.77. The number of para-hydroxylation sites is 1. The van der Waals surface area contributed by atoms with Crippen LogP contribution in [0.3, 0.4) is 0 Å². The molecule has 0 aliphatic carbocycles. The van der Waals surface area contributed by atoms with Crippen molar-refractivity contribution in [2.45, 2.75) is 23.2 Å². The number of aryl methyl sites for hydroxylation is 1. The van der Waals surface area contributed by atoms with Crippen molar-refractivity contribution in [1.29, 1.82) is 0 Å². The minimum absolute atomic E-state index is 0.327. The lowest BCUT2D eigenvalue weighted by Crippen LogP contribution is -2.21. The van der Waals surface area contributed by atoms with E-state index in [1.54, 1.807) is 28.8 Å². The summed E-state index contributed by atoms with van der Waals surface area (Å²) in [5.74, 6) is 1.21.